The molecular formula is C14H14ClN3O4. The third-order valence-electron chi connectivity index (χ3n) is 3.21. The molecule has 1 heterocycles. The zero-order valence-corrected chi connectivity index (χ0v) is 12.8. The molecule has 0 saturated carbocycles. The quantitative estimate of drug-likeness (QED) is 0.670. The summed E-state index contributed by atoms with van der Waals surface area (Å²) in [6, 6.07) is 4.16. The van der Waals surface area contributed by atoms with Crippen LogP contribution in [0.3, 0.4) is 0 Å². The second kappa shape index (κ2) is 6.15. The third kappa shape index (κ3) is 2.94. The number of hydrogen-bond donors (Lipinski definition) is 1. The Labute approximate surface area is 131 Å². The molecule has 116 valence electrons. The van der Waals surface area contributed by atoms with E-state index in [4.69, 9.17) is 11.6 Å². The highest BCUT2D eigenvalue weighted by molar-refractivity contribution is 6.45. The summed E-state index contributed by atoms with van der Waals surface area (Å²) in [6.45, 7) is 2.95. The molecule has 8 heteroatoms. The Balaban J connectivity index is 2.06. The van der Waals surface area contributed by atoms with Crippen LogP contribution in [0.15, 0.2) is 18.2 Å². The van der Waals surface area contributed by atoms with Gasteiger partial charge in [0.05, 0.1) is 0 Å². The molecule has 1 saturated heterocycles. The van der Waals surface area contributed by atoms with Gasteiger partial charge in [-0.1, -0.05) is 17.7 Å². The van der Waals surface area contributed by atoms with Crippen molar-refractivity contribution in [2.45, 2.75) is 13.8 Å². The number of benzene rings is 1. The number of halogens is 1. The van der Waals surface area contributed by atoms with Crippen LogP contribution < -0.4 is 5.32 Å². The molecule has 0 radical (unpaired) electrons. The van der Waals surface area contributed by atoms with Crippen LogP contribution in [0.4, 0.5) is 10.5 Å². The smallest absolute Gasteiger partial charge is 0.324 e. The van der Waals surface area contributed by atoms with Crippen LogP contribution >= 0.6 is 11.6 Å². The Hall–Kier alpha value is -2.41. The fourth-order valence-electron chi connectivity index (χ4n) is 1.98. The fraction of sp³-hybridized carbons (Fsp3) is 0.286. The monoisotopic (exact) mass is 323 g/mol. The Kier molecular flexibility index (Phi) is 4.46. The Bertz CT molecular complexity index is 674. The second-order valence-corrected chi connectivity index (χ2v) is 5.14. The summed E-state index contributed by atoms with van der Waals surface area (Å²) in [5, 5.41) is 3.01. The van der Waals surface area contributed by atoms with Crippen molar-refractivity contribution < 1.29 is 19.2 Å². The van der Waals surface area contributed by atoms with E-state index in [1.807, 2.05) is 6.92 Å². The summed E-state index contributed by atoms with van der Waals surface area (Å²) < 4.78 is 0. The van der Waals surface area contributed by atoms with Gasteiger partial charge in [0.25, 0.3) is 0 Å². The average Bonchev–Trinajstić information content (AvgIpc) is 2.66. The van der Waals surface area contributed by atoms with Crippen molar-refractivity contribution in [1.82, 2.24) is 9.80 Å². The molecule has 5 amide bonds. The van der Waals surface area contributed by atoms with Gasteiger partial charge in [0.2, 0.25) is 5.91 Å². The number of likely N-dealkylation sites (N-methyl/N-ethyl adjacent to an activating group) is 1. The van der Waals surface area contributed by atoms with Crippen molar-refractivity contribution in [3.63, 3.8) is 0 Å². The molecule has 1 fully saturated rings. The third-order valence-corrected chi connectivity index (χ3v) is 3.62. The minimum atomic E-state index is -0.996. The minimum absolute atomic E-state index is 0.0785. The lowest BCUT2D eigenvalue weighted by atomic mass is 10.2. The predicted molar refractivity (Wildman–Crippen MR) is 79.3 cm³/mol. The molecule has 1 aliphatic rings. The number of nitrogens with one attached hydrogen (secondary N) is 1. The van der Waals surface area contributed by atoms with Gasteiger partial charge in [0, 0.05) is 17.3 Å². The second-order valence-electron chi connectivity index (χ2n) is 4.74. The van der Waals surface area contributed by atoms with E-state index in [0.29, 0.717) is 15.6 Å². The minimum Gasteiger partial charge on any atom is -0.324 e. The highest BCUT2D eigenvalue weighted by Gasteiger charge is 2.44. The van der Waals surface area contributed by atoms with Crippen LogP contribution in [0, 0.1) is 6.92 Å². The van der Waals surface area contributed by atoms with E-state index in [1.54, 1.807) is 25.1 Å². The molecule has 0 spiro atoms. The summed E-state index contributed by atoms with van der Waals surface area (Å²) in [6.07, 6.45) is 0. The zero-order valence-electron chi connectivity index (χ0n) is 12.1. The summed E-state index contributed by atoms with van der Waals surface area (Å²) in [5.41, 5.74) is 1.30. The molecule has 0 aromatic heterocycles. The number of amides is 5. The van der Waals surface area contributed by atoms with Gasteiger partial charge in [-0.25, -0.2) is 9.69 Å². The van der Waals surface area contributed by atoms with Gasteiger partial charge in [-0.2, -0.15) is 0 Å². The number of aryl methyl sites for hydroxylation is 1. The van der Waals surface area contributed by atoms with Crippen LogP contribution in [0.5, 0.6) is 0 Å². The molecule has 0 atom stereocenters. The Morgan fingerprint density at radius 1 is 1.18 bits per heavy atom. The van der Waals surface area contributed by atoms with Gasteiger partial charge in [0.1, 0.15) is 6.54 Å². The fourth-order valence-corrected chi connectivity index (χ4v) is 2.16. The lowest BCUT2D eigenvalue weighted by molar-refractivity contribution is -0.143. The molecule has 1 aromatic carbocycles. The van der Waals surface area contributed by atoms with E-state index >= 15 is 0 Å². The Morgan fingerprint density at radius 2 is 1.82 bits per heavy atom. The molecule has 2 rings (SSSR count). The van der Waals surface area contributed by atoms with Gasteiger partial charge in [-0.3, -0.25) is 19.3 Å². The number of urea groups is 1. The van der Waals surface area contributed by atoms with E-state index in [-0.39, 0.29) is 6.54 Å². The highest BCUT2D eigenvalue weighted by atomic mass is 35.5. The first kappa shape index (κ1) is 16.0. The highest BCUT2D eigenvalue weighted by Crippen LogP contribution is 2.20. The van der Waals surface area contributed by atoms with Crippen LogP contribution in [0.2, 0.25) is 5.02 Å². The number of hydrogen-bond acceptors (Lipinski definition) is 4. The van der Waals surface area contributed by atoms with Gasteiger partial charge < -0.3 is 5.32 Å². The van der Waals surface area contributed by atoms with Crippen molar-refractivity contribution in [2.24, 2.45) is 0 Å². The van der Waals surface area contributed by atoms with Crippen molar-refractivity contribution in [1.29, 1.82) is 0 Å². The summed E-state index contributed by atoms with van der Waals surface area (Å²) >= 11 is 5.95. The van der Waals surface area contributed by atoms with Gasteiger partial charge in [-0.05, 0) is 31.5 Å². The maximum Gasteiger partial charge on any atom is 0.334 e. The zero-order chi connectivity index (χ0) is 16.4. The molecule has 0 unspecified atom stereocenters. The SMILES string of the molecule is CCN1C(=O)C(=O)N(CC(=O)Nc2ccc(C)c(Cl)c2)C1=O. The summed E-state index contributed by atoms with van der Waals surface area (Å²) in [4.78, 5) is 48.4. The van der Waals surface area contributed by atoms with E-state index in [0.717, 1.165) is 10.5 Å². The molecule has 1 aromatic rings. The number of carbonyl (C=O) groups is 4. The van der Waals surface area contributed by atoms with Crippen molar-refractivity contribution in [2.75, 3.05) is 18.4 Å². The first-order valence-corrected chi connectivity index (χ1v) is 6.96. The van der Waals surface area contributed by atoms with E-state index < -0.39 is 30.3 Å². The number of imide groups is 2. The molecule has 0 bridgehead atoms. The van der Waals surface area contributed by atoms with E-state index in [2.05, 4.69) is 5.32 Å². The summed E-state index contributed by atoms with van der Waals surface area (Å²) in [7, 11) is 0. The molecular weight excluding hydrogens is 310 g/mol. The van der Waals surface area contributed by atoms with Crippen molar-refractivity contribution in [3.8, 4) is 0 Å². The Morgan fingerprint density at radius 3 is 2.36 bits per heavy atom. The standard InChI is InChI=1S/C14H14ClN3O4/c1-3-17-12(20)13(21)18(14(17)22)7-11(19)16-9-5-4-8(2)10(15)6-9/h4-6H,3,7H2,1-2H3,(H,16,19). The molecule has 1 aliphatic heterocycles. The van der Waals surface area contributed by atoms with Crippen LogP contribution in [-0.4, -0.2) is 46.6 Å². The van der Waals surface area contributed by atoms with E-state index in [9.17, 15) is 19.2 Å². The van der Waals surface area contributed by atoms with Crippen LogP contribution in [0.25, 0.3) is 0 Å². The van der Waals surface area contributed by atoms with Crippen LogP contribution in [0.1, 0.15) is 12.5 Å². The molecule has 22 heavy (non-hydrogen) atoms. The maximum atomic E-state index is 11.9. The number of carbonyl (C=O) groups excluding carboxylic acids is 4. The lowest BCUT2D eigenvalue weighted by Gasteiger charge is -2.14. The molecule has 1 N–H and O–H groups in total. The van der Waals surface area contributed by atoms with Gasteiger partial charge in [0.15, 0.2) is 0 Å². The lowest BCUT2D eigenvalue weighted by Crippen LogP contribution is -2.38. The first-order chi connectivity index (χ1) is 10.3. The number of nitrogens with zero attached hydrogens (tertiary/aromatic N) is 2. The van der Waals surface area contributed by atoms with E-state index in [1.165, 1.54) is 0 Å². The number of anilines is 1. The normalized spacial score (nSPS) is 14.8. The average molecular weight is 324 g/mol. The topological polar surface area (TPSA) is 86.8 Å². The van der Waals surface area contributed by atoms with Gasteiger partial charge >= 0.3 is 17.8 Å². The van der Waals surface area contributed by atoms with Gasteiger partial charge in [-0.15, -0.1) is 0 Å². The van der Waals surface area contributed by atoms with Crippen molar-refractivity contribution >= 4 is 41.0 Å². The summed E-state index contributed by atoms with van der Waals surface area (Å²) in [5.74, 6) is -2.50. The predicted octanol–water partition coefficient (Wildman–Crippen LogP) is 1.40. The maximum absolute atomic E-state index is 11.9. The number of rotatable bonds is 4. The van der Waals surface area contributed by atoms with Crippen molar-refractivity contribution in [3.05, 3.63) is 28.8 Å². The first-order valence-electron chi connectivity index (χ1n) is 6.58. The molecule has 0 aliphatic carbocycles. The van der Waals surface area contributed by atoms with Crippen LogP contribution in [-0.2, 0) is 14.4 Å². The molecule has 7 nitrogen and oxygen atoms in total. The largest absolute Gasteiger partial charge is 0.334 e.